The number of hydrogen-bond acceptors (Lipinski definition) is 2. The van der Waals surface area contributed by atoms with Gasteiger partial charge in [0.15, 0.2) is 5.92 Å². The molecule has 0 saturated heterocycles. The Morgan fingerprint density at radius 1 is 1.00 bits per heavy atom. The van der Waals surface area contributed by atoms with Gasteiger partial charge >= 0.3 is 17.1 Å². The molecule has 8 heteroatoms. The highest BCUT2D eigenvalue weighted by Gasteiger charge is 2.57. The molecule has 86 valence electrons. The van der Waals surface area contributed by atoms with E-state index in [9.17, 15) is 9.59 Å². The highest BCUT2D eigenvalue weighted by molar-refractivity contribution is 6.84. The molecule has 0 heterocycles. The predicted molar refractivity (Wildman–Crippen MR) is 56.6 cm³/mol. The molecular formula is C10H4N6O2. The Morgan fingerprint density at radius 2 is 1.67 bits per heavy atom. The van der Waals surface area contributed by atoms with Gasteiger partial charge in [0, 0.05) is 11.6 Å². The van der Waals surface area contributed by atoms with Gasteiger partial charge < -0.3 is 16.6 Å². The first kappa shape index (κ1) is 11.4. The van der Waals surface area contributed by atoms with Gasteiger partial charge in [-0.1, -0.05) is 12.2 Å². The van der Waals surface area contributed by atoms with Crippen LogP contribution in [-0.4, -0.2) is 43.1 Å². The molecule has 1 unspecified atom stereocenters. The van der Waals surface area contributed by atoms with Crippen LogP contribution in [0.25, 0.3) is 16.6 Å². The second kappa shape index (κ2) is 4.08. The molecule has 1 saturated carbocycles. The Kier molecular flexibility index (Phi) is 2.60. The van der Waals surface area contributed by atoms with Crippen LogP contribution in [0.15, 0.2) is 23.8 Å². The van der Waals surface area contributed by atoms with Crippen molar-refractivity contribution in [1.82, 2.24) is 0 Å². The van der Waals surface area contributed by atoms with Crippen LogP contribution >= 0.6 is 0 Å². The fraction of sp³-hybridized carbons (Fsp3) is 0.100. The van der Waals surface area contributed by atoms with Crippen LogP contribution in [0.4, 0.5) is 0 Å². The van der Waals surface area contributed by atoms with E-state index in [0.717, 1.165) is 0 Å². The molecule has 8 nitrogen and oxygen atoms in total. The van der Waals surface area contributed by atoms with Crippen molar-refractivity contribution < 1.29 is 24.0 Å². The maximum atomic E-state index is 12.0. The van der Waals surface area contributed by atoms with Crippen LogP contribution in [0.5, 0.6) is 0 Å². The van der Waals surface area contributed by atoms with E-state index in [1.165, 1.54) is 18.2 Å². The molecule has 18 heavy (non-hydrogen) atoms. The molecule has 1 fully saturated rings. The molecule has 2 rings (SSSR count). The summed E-state index contributed by atoms with van der Waals surface area (Å²) in [6, 6.07) is 0. The number of carbonyl (C=O) groups is 2. The van der Waals surface area contributed by atoms with Crippen LogP contribution in [0.2, 0.25) is 0 Å². The van der Waals surface area contributed by atoms with Gasteiger partial charge in [0.25, 0.3) is 11.6 Å². The first-order chi connectivity index (χ1) is 8.65. The van der Waals surface area contributed by atoms with Crippen molar-refractivity contribution in [3.8, 4) is 0 Å². The third-order valence-corrected chi connectivity index (χ3v) is 2.66. The summed E-state index contributed by atoms with van der Waals surface area (Å²) in [7, 11) is 0. The van der Waals surface area contributed by atoms with E-state index in [0.29, 0.717) is 0 Å². The summed E-state index contributed by atoms with van der Waals surface area (Å²) in [6.07, 6.45) is 4.11. The number of carbonyl (C=O) groups excluding carboxylic acids is 2. The van der Waals surface area contributed by atoms with Gasteiger partial charge in [-0.3, -0.25) is 9.59 Å². The van der Waals surface area contributed by atoms with Crippen LogP contribution < -0.4 is 0 Å². The number of Topliss-reactive ketones (excluding diaryl/α,β-unsaturated/α-hetero) is 2. The fourth-order valence-electron chi connectivity index (χ4n) is 1.86. The molecule has 0 aromatic rings. The smallest absolute Gasteiger partial charge is 0.361 e. The highest BCUT2D eigenvalue weighted by atomic mass is 16.1. The molecule has 2 aliphatic carbocycles. The van der Waals surface area contributed by atoms with Crippen LogP contribution in [0.1, 0.15) is 0 Å². The zero-order valence-corrected chi connectivity index (χ0v) is 8.81. The van der Waals surface area contributed by atoms with E-state index in [1.807, 2.05) is 0 Å². The average Bonchev–Trinajstić information content (AvgIpc) is 2.41. The summed E-state index contributed by atoms with van der Waals surface area (Å²) >= 11 is 0. The quantitative estimate of drug-likeness (QED) is 0.406. The van der Waals surface area contributed by atoms with Crippen molar-refractivity contribution in [3.05, 3.63) is 40.4 Å². The molecule has 0 N–H and O–H groups in total. The second-order valence-electron chi connectivity index (χ2n) is 3.53. The number of ketones is 2. The molecule has 0 amide bonds. The molecule has 0 aromatic heterocycles. The van der Waals surface area contributed by atoms with E-state index in [-0.39, 0.29) is 11.3 Å². The van der Waals surface area contributed by atoms with E-state index in [4.69, 9.17) is 16.6 Å². The third kappa shape index (κ3) is 1.36. The summed E-state index contributed by atoms with van der Waals surface area (Å²) in [5.41, 5.74) is 24.8. The summed E-state index contributed by atoms with van der Waals surface area (Å²) in [6.45, 7) is 0. The Hall–Kier alpha value is -3.04. The lowest BCUT2D eigenvalue weighted by atomic mass is 9.75. The molecule has 0 bridgehead atoms. The van der Waals surface area contributed by atoms with E-state index in [1.54, 1.807) is 0 Å². The lowest BCUT2D eigenvalue weighted by Crippen LogP contribution is -2.48. The lowest BCUT2D eigenvalue weighted by Gasteiger charge is -2.15. The Labute approximate surface area is 99.7 Å². The highest BCUT2D eigenvalue weighted by Crippen LogP contribution is 2.24. The first-order valence-corrected chi connectivity index (χ1v) is 4.79. The number of nitrogens with zero attached hydrogens (tertiary/aromatic N) is 6. The van der Waals surface area contributed by atoms with Gasteiger partial charge in [0.05, 0.1) is 0 Å². The standard InChI is InChI=1S/C10H4N6O2/c11-14-5-3-1-2-4-6(5)10(18)8(16-13)7(15-12)9(4)17/h1-3,6H. The molecule has 1 atom stereocenters. The van der Waals surface area contributed by atoms with Gasteiger partial charge in [-0.25, -0.2) is 0 Å². The van der Waals surface area contributed by atoms with Crippen molar-refractivity contribution in [3.63, 3.8) is 0 Å². The van der Waals surface area contributed by atoms with Gasteiger partial charge in [-0.2, -0.15) is 14.4 Å². The number of rotatable bonds is 0. The van der Waals surface area contributed by atoms with E-state index < -0.39 is 28.9 Å². The normalized spacial score (nSPS) is 21.9. The first-order valence-electron chi connectivity index (χ1n) is 4.79. The van der Waals surface area contributed by atoms with Gasteiger partial charge in [-0.15, -0.1) is 0 Å². The molecule has 0 aliphatic heterocycles. The molecule has 0 aromatic carbocycles. The van der Waals surface area contributed by atoms with Gasteiger partial charge in [-0.05, 0) is 0 Å². The number of allylic oxidation sites excluding steroid dienone is 4. The number of fused-ring (bicyclic) bond motifs is 1. The SMILES string of the molecule is [N-]=[N+]=C1C(=O)C2=CC=CC(=[N+]=[N-])C2C(=O)C1=[N+]=[N-]. The van der Waals surface area contributed by atoms with Crippen molar-refractivity contribution in [2.24, 2.45) is 5.92 Å². The van der Waals surface area contributed by atoms with Gasteiger partial charge in [0.2, 0.25) is 0 Å². The Morgan fingerprint density at radius 3 is 2.22 bits per heavy atom. The van der Waals surface area contributed by atoms with Crippen LogP contribution in [-0.2, 0) is 9.59 Å². The van der Waals surface area contributed by atoms with Crippen LogP contribution in [0.3, 0.4) is 0 Å². The van der Waals surface area contributed by atoms with Crippen LogP contribution in [0, 0.1) is 5.92 Å². The second-order valence-corrected chi connectivity index (χ2v) is 3.53. The lowest BCUT2D eigenvalue weighted by molar-refractivity contribution is -0.124. The third-order valence-electron chi connectivity index (χ3n) is 2.66. The fourth-order valence-corrected chi connectivity index (χ4v) is 1.86. The summed E-state index contributed by atoms with van der Waals surface area (Å²) in [5, 5.41) is 0. The zero-order valence-electron chi connectivity index (χ0n) is 8.81. The van der Waals surface area contributed by atoms with Crippen molar-refractivity contribution >= 4 is 28.7 Å². The van der Waals surface area contributed by atoms with Crippen molar-refractivity contribution in [2.45, 2.75) is 0 Å². The summed E-state index contributed by atoms with van der Waals surface area (Å²) in [4.78, 5) is 32.1. The molecule has 2 aliphatic rings. The minimum absolute atomic E-state index is 0.00417. The van der Waals surface area contributed by atoms with Crippen molar-refractivity contribution in [2.75, 3.05) is 0 Å². The summed E-state index contributed by atoms with van der Waals surface area (Å²) < 4.78 is 0. The van der Waals surface area contributed by atoms with Crippen molar-refractivity contribution in [1.29, 1.82) is 0 Å². The maximum Gasteiger partial charge on any atom is 0.453 e. The monoisotopic (exact) mass is 240 g/mol. The zero-order chi connectivity index (χ0) is 13.3. The minimum Gasteiger partial charge on any atom is -0.361 e. The molecule has 0 spiro atoms. The predicted octanol–water partition coefficient (Wildman–Crippen LogP) is -0.737. The molecular weight excluding hydrogens is 236 g/mol. The van der Waals surface area contributed by atoms with E-state index >= 15 is 0 Å². The Bertz CT molecular complexity index is 694. The largest absolute Gasteiger partial charge is 0.453 e. The topological polar surface area (TPSA) is 143 Å². The average molecular weight is 240 g/mol. The summed E-state index contributed by atoms with van der Waals surface area (Å²) in [5.74, 6) is -2.70. The van der Waals surface area contributed by atoms with E-state index in [2.05, 4.69) is 14.4 Å². The minimum atomic E-state index is -1.15. The molecule has 0 radical (unpaired) electrons. The van der Waals surface area contributed by atoms with Gasteiger partial charge in [0.1, 0.15) is 0 Å². The maximum absolute atomic E-state index is 12.0. The number of hydrogen-bond donors (Lipinski definition) is 0. The Balaban J connectivity index is 2.75.